The van der Waals surface area contributed by atoms with Crippen molar-refractivity contribution in [1.29, 1.82) is 5.26 Å². The number of aryl methyl sites for hydroxylation is 1. The molecule has 3 heterocycles. The summed E-state index contributed by atoms with van der Waals surface area (Å²) in [5.41, 5.74) is 2.40. The second kappa shape index (κ2) is 8.95. The third kappa shape index (κ3) is 3.70. The highest BCUT2D eigenvalue weighted by Gasteiger charge is 2.61. The van der Waals surface area contributed by atoms with E-state index in [4.69, 9.17) is 16.4 Å². The van der Waals surface area contributed by atoms with Gasteiger partial charge in [0.1, 0.15) is 17.0 Å². The van der Waals surface area contributed by atoms with Gasteiger partial charge in [-0.3, -0.25) is 24.5 Å². The molecular formula is C26H19ClN4O5S. The topological polar surface area (TPSA) is 117 Å². The van der Waals surface area contributed by atoms with E-state index in [1.54, 1.807) is 36.4 Å². The average molecular weight is 535 g/mol. The van der Waals surface area contributed by atoms with Gasteiger partial charge >= 0.3 is 0 Å². The number of benzene rings is 2. The minimum absolute atomic E-state index is 0.0875. The van der Waals surface area contributed by atoms with Crippen LogP contribution >= 0.6 is 22.9 Å². The Morgan fingerprint density at radius 2 is 1.76 bits per heavy atom. The number of hydrogen-bond donors (Lipinski definition) is 0. The smallest absolute Gasteiger partial charge is 0.269 e. The summed E-state index contributed by atoms with van der Waals surface area (Å²) in [6.45, 7) is 0. The van der Waals surface area contributed by atoms with Crippen LogP contribution in [-0.4, -0.2) is 22.8 Å². The fraction of sp³-hybridized carbons (Fsp3) is 0.269. The number of nitro groups is 1. The first-order chi connectivity index (χ1) is 17.9. The molecule has 6 rings (SSSR count). The monoisotopic (exact) mass is 534 g/mol. The molecule has 0 bridgehead atoms. The van der Waals surface area contributed by atoms with E-state index in [1.807, 2.05) is 0 Å². The predicted octanol–water partition coefficient (Wildman–Crippen LogP) is 5.11. The molecule has 0 spiro atoms. The molecule has 3 unspecified atom stereocenters. The van der Waals surface area contributed by atoms with Crippen LogP contribution in [-0.2, 0) is 27.3 Å². The molecule has 11 heteroatoms. The number of hydroxylamine groups is 1. The quantitative estimate of drug-likeness (QED) is 0.259. The number of rotatable bonds is 4. The number of hydrogen-bond acceptors (Lipinski definition) is 8. The van der Waals surface area contributed by atoms with Crippen LogP contribution in [0.4, 0.5) is 16.4 Å². The Labute approximate surface area is 220 Å². The average Bonchev–Trinajstić information content (AvgIpc) is 3.54. The number of thiophene rings is 1. The SMILES string of the molecule is N#Cc1c(N2C(=O)C3ON(c4ccc(Cl)cc4)C(c4ccc([N+](=O)[O-])cc4)C3C2=O)sc2c1CCCC2. The largest absolute Gasteiger partial charge is 0.273 e. The number of anilines is 2. The van der Waals surface area contributed by atoms with Gasteiger partial charge in [-0.1, -0.05) is 23.7 Å². The lowest BCUT2D eigenvalue weighted by Gasteiger charge is -2.28. The summed E-state index contributed by atoms with van der Waals surface area (Å²) in [6.07, 6.45) is 2.45. The van der Waals surface area contributed by atoms with E-state index < -0.39 is 34.8 Å². The van der Waals surface area contributed by atoms with Crippen LogP contribution in [0.25, 0.3) is 0 Å². The number of nitro benzene ring substituents is 1. The molecular weight excluding hydrogens is 516 g/mol. The molecule has 0 N–H and O–H groups in total. The lowest BCUT2D eigenvalue weighted by molar-refractivity contribution is -0.384. The molecule has 3 atom stereocenters. The number of nitrogens with zero attached hydrogens (tertiary/aromatic N) is 4. The second-order valence-corrected chi connectivity index (χ2v) is 10.7. The van der Waals surface area contributed by atoms with Gasteiger partial charge in [0.15, 0.2) is 6.10 Å². The zero-order valence-electron chi connectivity index (χ0n) is 19.3. The number of fused-ring (bicyclic) bond motifs is 2. The second-order valence-electron chi connectivity index (χ2n) is 9.16. The number of nitriles is 1. The van der Waals surface area contributed by atoms with Gasteiger partial charge in [-0.25, -0.2) is 9.96 Å². The van der Waals surface area contributed by atoms with Gasteiger partial charge in [0.25, 0.3) is 11.6 Å². The number of non-ortho nitro benzene ring substituents is 1. The molecule has 2 amide bonds. The van der Waals surface area contributed by atoms with Gasteiger partial charge in [0.05, 0.1) is 22.2 Å². The van der Waals surface area contributed by atoms with Crippen LogP contribution < -0.4 is 9.96 Å². The molecule has 1 aromatic heterocycles. The molecule has 1 aliphatic carbocycles. The summed E-state index contributed by atoms with van der Waals surface area (Å²) in [5, 5.41) is 23.5. The predicted molar refractivity (Wildman–Crippen MR) is 136 cm³/mol. The van der Waals surface area contributed by atoms with Crippen molar-refractivity contribution in [2.24, 2.45) is 5.92 Å². The highest BCUT2D eigenvalue weighted by molar-refractivity contribution is 7.17. The van der Waals surface area contributed by atoms with Crippen molar-refractivity contribution in [3.8, 4) is 6.07 Å². The number of carbonyl (C=O) groups is 2. The summed E-state index contributed by atoms with van der Waals surface area (Å²) in [6, 6.07) is 14.1. The highest BCUT2D eigenvalue weighted by atomic mass is 35.5. The maximum atomic E-state index is 13.9. The van der Waals surface area contributed by atoms with Crippen molar-refractivity contribution in [3.05, 3.63) is 85.2 Å². The van der Waals surface area contributed by atoms with E-state index in [0.29, 0.717) is 26.8 Å². The first kappa shape index (κ1) is 23.6. The van der Waals surface area contributed by atoms with Gasteiger partial charge in [-0.2, -0.15) is 5.26 Å². The zero-order valence-corrected chi connectivity index (χ0v) is 20.9. The standard InChI is InChI=1S/C26H19ClN4O5S/c27-15-7-11-16(12-8-15)30-22(14-5-9-17(10-6-14)31(34)35)21-23(36-30)25(33)29(24(21)32)26-19(13-28)18-3-1-2-4-20(18)37-26/h5-12,21-23H,1-4H2. The van der Waals surface area contributed by atoms with Crippen molar-refractivity contribution in [2.45, 2.75) is 37.8 Å². The Kier molecular flexibility index (Phi) is 5.71. The molecule has 3 aliphatic rings. The summed E-state index contributed by atoms with van der Waals surface area (Å²) >= 11 is 7.39. The van der Waals surface area contributed by atoms with Gasteiger partial charge in [0, 0.05) is 22.0 Å². The van der Waals surface area contributed by atoms with Crippen molar-refractivity contribution >= 4 is 51.1 Å². The van der Waals surface area contributed by atoms with E-state index in [0.717, 1.165) is 41.0 Å². The van der Waals surface area contributed by atoms with Crippen LogP contribution in [0.1, 0.15) is 40.5 Å². The maximum Gasteiger partial charge on any atom is 0.269 e. The summed E-state index contributed by atoms with van der Waals surface area (Å²) in [4.78, 5) is 46.6. The molecule has 2 aliphatic heterocycles. The summed E-state index contributed by atoms with van der Waals surface area (Å²) in [7, 11) is 0. The van der Waals surface area contributed by atoms with E-state index in [2.05, 4.69) is 6.07 Å². The van der Waals surface area contributed by atoms with Crippen LogP contribution in [0, 0.1) is 27.4 Å². The zero-order chi connectivity index (χ0) is 25.8. The van der Waals surface area contributed by atoms with Crippen molar-refractivity contribution in [1.82, 2.24) is 0 Å². The minimum atomic E-state index is -1.10. The first-order valence-electron chi connectivity index (χ1n) is 11.8. The molecule has 0 radical (unpaired) electrons. The Morgan fingerprint density at radius 3 is 2.43 bits per heavy atom. The minimum Gasteiger partial charge on any atom is -0.273 e. The van der Waals surface area contributed by atoms with Crippen LogP contribution in [0.15, 0.2) is 48.5 Å². The summed E-state index contributed by atoms with van der Waals surface area (Å²) in [5.74, 6) is -1.88. The summed E-state index contributed by atoms with van der Waals surface area (Å²) < 4.78 is 0. The molecule has 2 aromatic carbocycles. The van der Waals surface area contributed by atoms with E-state index in [9.17, 15) is 25.0 Å². The van der Waals surface area contributed by atoms with E-state index >= 15 is 0 Å². The van der Waals surface area contributed by atoms with Gasteiger partial charge < -0.3 is 0 Å². The molecule has 2 saturated heterocycles. The maximum absolute atomic E-state index is 13.9. The molecule has 2 fully saturated rings. The van der Waals surface area contributed by atoms with Crippen molar-refractivity contribution < 1.29 is 19.3 Å². The normalized spacial score (nSPS) is 22.6. The van der Waals surface area contributed by atoms with Gasteiger partial charge in [-0.05, 0) is 61.1 Å². The van der Waals surface area contributed by atoms with Crippen molar-refractivity contribution in [3.63, 3.8) is 0 Å². The molecule has 3 aromatic rings. The van der Waals surface area contributed by atoms with Gasteiger partial charge in [-0.15, -0.1) is 11.3 Å². The van der Waals surface area contributed by atoms with Crippen LogP contribution in [0.3, 0.4) is 0 Å². The van der Waals surface area contributed by atoms with Crippen LogP contribution in [0.2, 0.25) is 5.02 Å². The Balaban J connectivity index is 1.43. The molecule has 37 heavy (non-hydrogen) atoms. The number of halogens is 1. The molecule has 0 saturated carbocycles. The third-order valence-electron chi connectivity index (χ3n) is 7.11. The Morgan fingerprint density at radius 1 is 1.05 bits per heavy atom. The van der Waals surface area contributed by atoms with E-state index in [1.165, 1.54) is 28.5 Å². The van der Waals surface area contributed by atoms with Crippen LogP contribution in [0.5, 0.6) is 0 Å². The lowest BCUT2D eigenvalue weighted by atomic mass is 9.90. The molecule has 186 valence electrons. The molecule has 9 nitrogen and oxygen atoms in total. The first-order valence-corrected chi connectivity index (χ1v) is 13.0. The number of carbonyl (C=O) groups excluding carboxylic acids is 2. The fourth-order valence-corrected chi connectivity index (χ4v) is 6.86. The fourth-order valence-electron chi connectivity index (χ4n) is 5.38. The van der Waals surface area contributed by atoms with Crippen molar-refractivity contribution in [2.75, 3.05) is 9.96 Å². The third-order valence-corrected chi connectivity index (χ3v) is 8.64. The lowest BCUT2D eigenvalue weighted by Crippen LogP contribution is -2.37. The Bertz CT molecular complexity index is 1480. The number of amides is 2. The highest BCUT2D eigenvalue weighted by Crippen LogP contribution is 2.50. The Hall–Kier alpha value is -3.78. The number of imide groups is 1. The van der Waals surface area contributed by atoms with E-state index in [-0.39, 0.29) is 5.69 Å². The van der Waals surface area contributed by atoms with Gasteiger partial charge in [0.2, 0.25) is 5.91 Å².